The van der Waals surface area contributed by atoms with Crippen molar-refractivity contribution in [2.24, 2.45) is 0 Å². The Balaban J connectivity index is 1.79. The van der Waals surface area contributed by atoms with Gasteiger partial charge in [-0.1, -0.05) is 37.3 Å². The van der Waals surface area contributed by atoms with Crippen LogP contribution >= 0.6 is 0 Å². The van der Waals surface area contributed by atoms with Crippen LogP contribution in [0, 0.1) is 6.92 Å². The summed E-state index contributed by atoms with van der Waals surface area (Å²) in [7, 11) is 0. The first-order valence-electron chi connectivity index (χ1n) is 9.38. The number of ketones is 1. The first-order valence-corrected chi connectivity index (χ1v) is 9.38. The Kier molecular flexibility index (Phi) is 6.02. The molecule has 0 unspecified atom stereocenters. The van der Waals surface area contributed by atoms with Crippen molar-refractivity contribution in [3.8, 4) is 0 Å². The zero-order chi connectivity index (χ0) is 21.0. The number of carbonyl (C=O) groups excluding carboxylic acids is 3. The van der Waals surface area contributed by atoms with Gasteiger partial charge in [-0.05, 0) is 44.5 Å². The summed E-state index contributed by atoms with van der Waals surface area (Å²) in [6.45, 7) is 5.02. The van der Waals surface area contributed by atoms with Gasteiger partial charge in [0.1, 0.15) is 0 Å². The van der Waals surface area contributed by atoms with E-state index in [4.69, 9.17) is 4.74 Å². The first kappa shape index (κ1) is 20.2. The Bertz CT molecular complexity index is 1090. The number of nitrogens with one attached hydrogen (secondary N) is 1. The Labute approximate surface area is 168 Å². The zero-order valence-electron chi connectivity index (χ0n) is 16.6. The summed E-state index contributed by atoms with van der Waals surface area (Å²) in [5.74, 6) is -1.12. The molecule has 0 aliphatic rings. The van der Waals surface area contributed by atoms with Crippen molar-refractivity contribution in [1.82, 2.24) is 4.98 Å². The highest BCUT2D eigenvalue weighted by Gasteiger charge is 2.23. The number of anilines is 1. The van der Waals surface area contributed by atoms with Crippen LogP contribution in [-0.2, 0) is 9.53 Å². The highest BCUT2D eigenvalue weighted by atomic mass is 16.5. The Hall–Kier alpha value is -3.54. The molecule has 6 nitrogen and oxygen atoms in total. The van der Waals surface area contributed by atoms with Crippen molar-refractivity contribution in [2.75, 3.05) is 5.32 Å². The van der Waals surface area contributed by atoms with E-state index in [1.54, 1.807) is 50.2 Å². The smallest absolute Gasteiger partial charge is 0.339 e. The third kappa shape index (κ3) is 4.66. The summed E-state index contributed by atoms with van der Waals surface area (Å²) in [5.41, 5.74) is 2.72. The summed E-state index contributed by atoms with van der Waals surface area (Å²) < 4.78 is 5.51. The molecule has 1 aromatic heterocycles. The van der Waals surface area contributed by atoms with Gasteiger partial charge in [-0.2, -0.15) is 0 Å². The van der Waals surface area contributed by atoms with Crippen LogP contribution in [0.15, 0.2) is 54.6 Å². The molecule has 0 radical (unpaired) electrons. The van der Waals surface area contributed by atoms with E-state index in [1.165, 1.54) is 6.92 Å². The lowest BCUT2D eigenvalue weighted by atomic mass is 10.1. The summed E-state index contributed by atoms with van der Waals surface area (Å²) in [5, 5.41) is 3.39. The predicted molar refractivity (Wildman–Crippen MR) is 111 cm³/mol. The maximum atomic E-state index is 12.8. The van der Waals surface area contributed by atoms with Crippen LogP contribution in [-0.4, -0.2) is 28.7 Å². The summed E-state index contributed by atoms with van der Waals surface area (Å²) in [4.78, 5) is 41.4. The van der Waals surface area contributed by atoms with E-state index in [2.05, 4.69) is 10.3 Å². The van der Waals surface area contributed by atoms with Gasteiger partial charge < -0.3 is 10.1 Å². The van der Waals surface area contributed by atoms with E-state index in [0.29, 0.717) is 39.8 Å². The highest BCUT2D eigenvalue weighted by Crippen LogP contribution is 2.20. The van der Waals surface area contributed by atoms with Crippen LogP contribution < -0.4 is 5.32 Å². The predicted octanol–water partition coefficient (Wildman–Crippen LogP) is 4.32. The second kappa shape index (κ2) is 8.65. The van der Waals surface area contributed by atoms with Crippen LogP contribution in [0.5, 0.6) is 0 Å². The number of amides is 1. The number of Topliss-reactive ketones (excluding diaryl/α,β-unsaturated/α-hetero) is 1. The van der Waals surface area contributed by atoms with Gasteiger partial charge in [-0.15, -0.1) is 0 Å². The fourth-order valence-electron chi connectivity index (χ4n) is 3.03. The van der Waals surface area contributed by atoms with Crippen molar-refractivity contribution in [2.45, 2.75) is 33.3 Å². The second-order valence-electron chi connectivity index (χ2n) is 6.76. The van der Waals surface area contributed by atoms with Crippen LogP contribution in [0.1, 0.15) is 46.7 Å². The van der Waals surface area contributed by atoms with Gasteiger partial charge >= 0.3 is 5.97 Å². The zero-order valence-corrected chi connectivity index (χ0v) is 16.6. The molecule has 0 aliphatic heterocycles. The standard InChI is InChI=1S/C23H22N2O4/c1-4-21(22(27)25-17-9-7-8-16(13-17)15(3)26)29-23(28)19-12-14(2)24-20-11-6-5-10-18(19)20/h5-13,21H,4H2,1-3H3,(H,25,27)/t21-/m0/s1. The Morgan fingerprint density at radius 3 is 2.55 bits per heavy atom. The van der Waals surface area contributed by atoms with Gasteiger partial charge in [0.2, 0.25) is 0 Å². The van der Waals surface area contributed by atoms with E-state index in [-0.39, 0.29) is 5.78 Å². The maximum Gasteiger partial charge on any atom is 0.339 e. The van der Waals surface area contributed by atoms with Gasteiger partial charge in [0.15, 0.2) is 11.9 Å². The number of esters is 1. The minimum absolute atomic E-state index is 0.0977. The van der Waals surface area contributed by atoms with Crippen molar-refractivity contribution in [3.05, 3.63) is 71.4 Å². The number of benzene rings is 2. The number of aryl methyl sites for hydroxylation is 1. The molecule has 0 saturated carbocycles. The average molecular weight is 390 g/mol. The Morgan fingerprint density at radius 2 is 1.83 bits per heavy atom. The lowest BCUT2D eigenvalue weighted by Crippen LogP contribution is -2.32. The normalized spacial score (nSPS) is 11.7. The van der Waals surface area contributed by atoms with Gasteiger partial charge in [-0.25, -0.2) is 4.79 Å². The number of para-hydroxylation sites is 1. The largest absolute Gasteiger partial charge is 0.449 e. The number of fused-ring (bicyclic) bond motifs is 1. The molecule has 0 bridgehead atoms. The molecule has 0 fully saturated rings. The topological polar surface area (TPSA) is 85.4 Å². The monoisotopic (exact) mass is 390 g/mol. The molecule has 1 amide bonds. The third-order valence-corrected chi connectivity index (χ3v) is 4.51. The molecular weight excluding hydrogens is 368 g/mol. The van der Waals surface area contributed by atoms with Crippen molar-refractivity contribution < 1.29 is 19.1 Å². The lowest BCUT2D eigenvalue weighted by Gasteiger charge is -2.17. The quantitative estimate of drug-likeness (QED) is 0.500. The van der Waals surface area contributed by atoms with Crippen molar-refractivity contribution in [3.63, 3.8) is 0 Å². The number of hydrogen-bond acceptors (Lipinski definition) is 5. The molecule has 29 heavy (non-hydrogen) atoms. The highest BCUT2D eigenvalue weighted by molar-refractivity contribution is 6.05. The molecule has 3 rings (SSSR count). The molecule has 6 heteroatoms. The van der Waals surface area contributed by atoms with Crippen LogP contribution in [0.4, 0.5) is 5.69 Å². The van der Waals surface area contributed by atoms with Gasteiger partial charge in [-0.3, -0.25) is 14.6 Å². The Morgan fingerprint density at radius 1 is 1.07 bits per heavy atom. The minimum Gasteiger partial charge on any atom is -0.449 e. The SMILES string of the molecule is CC[C@H](OC(=O)c1cc(C)nc2ccccc12)C(=O)Nc1cccc(C(C)=O)c1. The number of hydrogen-bond donors (Lipinski definition) is 1. The molecule has 2 aromatic carbocycles. The molecule has 1 atom stereocenters. The molecule has 0 spiro atoms. The van der Waals surface area contributed by atoms with Crippen LogP contribution in [0.3, 0.4) is 0 Å². The summed E-state index contributed by atoms with van der Waals surface area (Å²) in [6, 6.07) is 15.6. The maximum absolute atomic E-state index is 12.8. The molecule has 3 aromatic rings. The number of rotatable bonds is 6. The molecular formula is C23H22N2O4. The van der Waals surface area contributed by atoms with E-state index < -0.39 is 18.0 Å². The fourth-order valence-corrected chi connectivity index (χ4v) is 3.03. The molecule has 148 valence electrons. The van der Waals surface area contributed by atoms with E-state index in [0.717, 1.165) is 0 Å². The van der Waals surface area contributed by atoms with E-state index in [1.807, 2.05) is 18.2 Å². The van der Waals surface area contributed by atoms with Gasteiger partial charge in [0.05, 0.1) is 11.1 Å². The van der Waals surface area contributed by atoms with Gasteiger partial charge in [0.25, 0.3) is 5.91 Å². The lowest BCUT2D eigenvalue weighted by molar-refractivity contribution is -0.124. The number of nitrogens with zero attached hydrogens (tertiary/aromatic N) is 1. The number of ether oxygens (including phenoxy) is 1. The average Bonchev–Trinajstić information content (AvgIpc) is 2.71. The second-order valence-corrected chi connectivity index (χ2v) is 6.76. The minimum atomic E-state index is -0.962. The van der Waals surface area contributed by atoms with E-state index in [9.17, 15) is 14.4 Å². The van der Waals surface area contributed by atoms with Crippen molar-refractivity contribution >= 4 is 34.3 Å². The fraction of sp³-hybridized carbons (Fsp3) is 0.217. The van der Waals surface area contributed by atoms with E-state index >= 15 is 0 Å². The number of aromatic nitrogens is 1. The summed E-state index contributed by atoms with van der Waals surface area (Å²) >= 11 is 0. The molecule has 0 saturated heterocycles. The third-order valence-electron chi connectivity index (χ3n) is 4.51. The summed E-state index contributed by atoms with van der Waals surface area (Å²) in [6.07, 6.45) is -0.651. The molecule has 0 aliphatic carbocycles. The van der Waals surface area contributed by atoms with Crippen LogP contribution in [0.25, 0.3) is 10.9 Å². The molecule has 1 N–H and O–H groups in total. The number of pyridine rings is 1. The van der Waals surface area contributed by atoms with Crippen molar-refractivity contribution in [1.29, 1.82) is 0 Å². The van der Waals surface area contributed by atoms with Crippen LogP contribution in [0.2, 0.25) is 0 Å². The molecule has 1 heterocycles. The first-order chi connectivity index (χ1) is 13.9. The number of carbonyl (C=O) groups is 3. The van der Waals surface area contributed by atoms with Gasteiger partial charge in [0, 0.05) is 22.3 Å².